The number of carbonyl (C=O) groups excluding carboxylic acids is 1. The van der Waals surface area contributed by atoms with Crippen molar-refractivity contribution in [1.29, 1.82) is 0 Å². The van der Waals surface area contributed by atoms with E-state index in [-0.39, 0.29) is 5.91 Å². The second-order valence-corrected chi connectivity index (χ2v) is 7.17. The molecule has 1 aliphatic heterocycles. The van der Waals surface area contributed by atoms with E-state index in [1.54, 1.807) is 43.5 Å². The van der Waals surface area contributed by atoms with Crippen LogP contribution in [0.15, 0.2) is 47.6 Å². The van der Waals surface area contributed by atoms with Crippen molar-refractivity contribution in [3.05, 3.63) is 58.6 Å². The van der Waals surface area contributed by atoms with Crippen molar-refractivity contribution in [3.8, 4) is 11.5 Å². The second kappa shape index (κ2) is 7.00. The third-order valence-corrected chi connectivity index (χ3v) is 4.65. The first-order chi connectivity index (χ1) is 12.4. The fourth-order valence-electron chi connectivity index (χ4n) is 2.99. The van der Waals surface area contributed by atoms with Crippen molar-refractivity contribution < 1.29 is 14.3 Å². The Kier molecular flexibility index (Phi) is 4.92. The molecule has 1 amide bonds. The zero-order chi connectivity index (χ0) is 18.9. The maximum atomic E-state index is 12.9. The number of nitrogens with zero attached hydrogens (tertiary/aromatic N) is 2. The molecule has 0 saturated carbocycles. The predicted molar refractivity (Wildman–Crippen MR) is 102 cm³/mol. The Morgan fingerprint density at radius 1 is 1.08 bits per heavy atom. The SMILES string of the molecule is COc1ccc(C2=NN(C(=O)c3ccc(Cl)cc3)C(C)(C)C2)cc1OC. The van der Waals surface area contributed by atoms with Gasteiger partial charge in [0.25, 0.3) is 5.91 Å². The molecule has 1 aliphatic rings. The van der Waals surface area contributed by atoms with Gasteiger partial charge in [-0.2, -0.15) is 5.10 Å². The Morgan fingerprint density at radius 2 is 1.73 bits per heavy atom. The Balaban J connectivity index is 1.94. The van der Waals surface area contributed by atoms with Crippen molar-refractivity contribution in [3.63, 3.8) is 0 Å². The van der Waals surface area contributed by atoms with Crippen LogP contribution in [0.25, 0.3) is 0 Å². The van der Waals surface area contributed by atoms with Crippen molar-refractivity contribution in [1.82, 2.24) is 5.01 Å². The number of rotatable bonds is 4. The molecule has 0 spiro atoms. The normalized spacial score (nSPS) is 15.6. The lowest BCUT2D eigenvalue weighted by Gasteiger charge is -2.28. The van der Waals surface area contributed by atoms with Crippen LogP contribution in [-0.2, 0) is 0 Å². The molecule has 26 heavy (non-hydrogen) atoms. The highest BCUT2D eigenvalue weighted by Gasteiger charge is 2.39. The first-order valence-electron chi connectivity index (χ1n) is 8.26. The van der Waals surface area contributed by atoms with Gasteiger partial charge in [-0.15, -0.1) is 0 Å². The summed E-state index contributed by atoms with van der Waals surface area (Å²) < 4.78 is 10.7. The molecule has 0 N–H and O–H groups in total. The summed E-state index contributed by atoms with van der Waals surface area (Å²) >= 11 is 5.91. The number of amides is 1. The largest absolute Gasteiger partial charge is 0.493 e. The molecule has 2 aromatic carbocycles. The van der Waals surface area contributed by atoms with Crippen LogP contribution in [0.4, 0.5) is 0 Å². The molecule has 0 bridgehead atoms. The molecule has 0 aromatic heterocycles. The maximum absolute atomic E-state index is 12.9. The molecule has 0 saturated heterocycles. The van der Waals surface area contributed by atoms with Crippen LogP contribution in [0.5, 0.6) is 11.5 Å². The minimum atomic E-state index is -0.431. The predicted octanol–water partition coefficient (Wildman–Crippen LogP) is 4.39. The van der Waals surface area contributed by atoms with E-state index in [1.807, 2.05) is 32.0 Å². The van der Waals surface area contributed by atoms with Crippen LogP contribution >= 0.6 is 11.6 Å². The third-order valence-electron chi connectivity index (χ3n) is 4.39. The Hall–Kier alpha value is -2.53. The lowest BCUT2D eigenvalue weighted by atomic mass is 9.94. The lowest BCUT2D eigenvalue weighted by molar-refractivity contribution is 0.0612. The standard InChI is InChI=1S/C20H21ClN2O3/c1-20(2)12-16(14-7-10-17(25-3)18(11-14)26-4)22-23(20)19(24)13-5-8-15(21)9-6-13/h5-11H,12H2,1-4H3. The Morgan fingerprint density at radius 3 is 2.35 bits per heavy atom. The molecule has 136 valence electrons. The van der Waals surface area contributed by atoms with E-state index in [9.17, 15) is 4.79 Å². The molecule has 0 aliphatic carbocycles. The van der Waals surface area contributed by atoms with Crippen LogP contribution in [0, 0.1) is 0 Å². The Bertz CT molecular complexity index is 860. The number of carbonyl (C=O) groups is 1. The average molecular weight is 373 g/mol. The molecule has 6 heteroatoms. The van der Waals surface area contributed by atoms with Gasteiger partial charge in [-0.1, -0.05) is 11.6 Å². The van der Waals surface area contributed by atoms with E-state index in [4.69, 9.17) is 21.1 Å². The van der Waals surface area contributed by atoms with E-state index >= 15 is 0 Å². The molecule has 1 heterocycles. The summed E-state index contributed by atoms with van der Waals surface area (Å²) in [4.78, 5) is 12.9. The molecule has 5 nitrogen and oxygen atoms in total. The Labute approximate surface area is 158 Å². The van der Waals surface area contributed by atoms with Crippen LogP contribution in [0.3, 0.4) is 0 Å². The lowest BCUT2D eigenvalue weighted by Crippen LogP contribution is -2.40. The molecular weight excluding hydrogens is 352 g/mol. The van der Waals surface area contributed by atoms with E-state index < -0.39 is 5.54 Å². The first kappa shape index (κ1) is 18.3. The summed E-state index contributed by atoms with van der Waals surface area (Å²) in [5.74, 6) is 1.14. The molecular formula is C20H21ClN2O3. The number of ether oxygens (including phenoxy) is 2. The highest BCUT2D eigenvalue weighted by molar-refractivity contribution is 6.30. The molecule has 0 fully saturated rings. The van der Waals surface area contributed by atoms with Crippen molar-refractivity contribution in [2.45, 2.75) is 25.8 Å². The molecule has 0 radical (unpaired) electrons. The van der Waals surface area contributed by atoms with Gasteiger partial charge in [-0.25, -0.2) is 5.01 Å². The number of hydrogen-bond acceptors (Lipinski definition) is 4. The molecule has 0 unspecified atom stereocenters. The van der Waals surface area contributed by atoms with Gasteiger partial charge < -0.3 is 9.47 Å². The number of halogens is 1. The highest BCUT2D eigenvalue weighted by Crippen LogP contribution is 2.34. The van der Waals surface area contributed by atoms with Crippen LogP contribution in [0.2, 0.25) is 5.02 Å². The summed E-state index contributed by atoms with van der Waals surface area (Å²) in [6, 6.07) is 12.5. The number of benzene rings is 2. The van der Waals surface area contributed by atoms with Gasteiger partial charge in [-0.05, 0) is 56.3 Å². The zero-order valence-corrected chi connectivity index (χ0v) is 16.0. The molecule has 0 atom stereocenters. The quantitative estimate of drug-likeness (QED) is 0.799. The second-order valence-electron chi connectivity index (χ2n) is 6.73. The van der Waals surface area contributed by atoms with Crippen LogP contribution in [-0.4, -0.2) is 36.4 Å². The maximum Gasteiger partial charge on any atom is 0.274 e. The summed E-state index contributed by atoms with van der Waals surface area (Å²) in [6.07, 6.45) is 0.641. The zero-order valence-electron chi connectivity index (χ0n) is 15.2. The monoisotopic (exact) mass is 372 g/mol. The van der Waals surface area contributed by atoms with Gasteiger partial charge in [0.2, 0.25) is 0 Å². The van der Waals surface area contributed by atoms with Crippen molar-refractivity contribution >= 4 is 23.2 Å². The summed E-state index contributed by atoms with van der Waals surface area (Å²) in [5.41, 5.74) is 1.86. The molecule has 3 rings (SSSR count). The van der Waals surface area contributed by atoms with Crippen LogP contribution < -0.4 is 9.47 Å². The fraction of sp³-hybridized carbons (Fsp3) is 0.300. The molecule has 2 aromatic rings. The van der Waals surface area contributed by atoms with E-state index in [1.165, 1.54) is 0 Å². The van der Waals surface area contributed by atoms with Gasteiger partial charge in [-0.3, -0.25) is 4.79 Å². The first-order valence-corrected chi connectivity index (χ1v) is 8.63. The minimum Gasteiger partial charge on any atom is -0.493 e. The number of hydrogen-bond donors (Lipinski definition) is 0. The minimum absolute atomic E-state index is 0.151. The summed E-state index contributed by atoms with van der Waals surface area (Å²) in [7, 11) is 3.19. The smallest absolute Gasteiger partial charge is 0.274 e. The van der Waals surface area contributed by atoms with E-state index in [0.29, 0.717) is 28.5 Å². The topological polar surface area (TPSA) is 51.1 Å². The third kappa shape index (κ3) is 3.40. The van der Waals surface area contributed by atoms with Gasteiger partial charge in [0, 0.05) is 22.6 Å². The van der Waals surface area contributed by atoms with Gasteiger partial charge in [0.1, 0.15) is 0 Å². The summed E-state index contributed by atoms with van der Waals surface area (Å²) in [5, 5.41) is 6.75. The summed E-state index contributed by atoms with van der Waals surface area (Å²) in [6.45, 7) is 4.00. The van der Waals surface area contributed by atoms with E-state index in [0.717, 1.165) is 11.3 Å². The fourth-order valence-corrected chi connectivity index (χ4v) is 3.11. The van der Waals surface area contributed by atoms with E-state index in [2.05, 4.69) is 5.10 Å². The van der Waals surface area contributed by atoms with Crippen molar-refractivity contribution in [2.75, 3.05) is 14.2 Å². The van der Waals surface area contributed by atoms with Gasteiger partial charge >= 0.3 is 0 Å². The average Bonchev–Trinajstić information content (AvgIpc) is 2.96. The van der Waals surface area contributed by atoms with Crippen molar-refractivity contribution in [2.24, 2.45) is 5.10 Å². The van der Waals surface area contributed by atoms with Crippen LogP contribution in [0.1, 0.15) is 36.2 Å². The van der Waals surface area contributed by atoms with Gasteiger partial charge in [0.15, 0.2) is 11.5 Å². The highest BCUT2D eigenvalue weighted by atomic mass is 35.5. The number of hydrazone groups is 1. The number of methoxy groups -OCH3 is 2. The van der Waals surface area contributed by atoms with Gasteiger partial charge in [0.05, 0.1) is 25.5 Å².